The van der Waals surface area contributed by atoms with E-state index >= 15 is 0 Å². The molecule has 84 valence electrons. The lowest BCUT2D eigenvalue weighted by Gasteiger charge is -2.26. The average molecular weight is 218 g/mol. The molecule has 3 heteroatoms. The summed E-state index contributed by atoms with van der Waals surface area (Å²) in [5.74, 6) is -0.204. The third-order valence-electron chi connectivity index (χ3n) is 3.02. The molecule has 1 aliphatic heterocycles. The van der Waals surface area contributed by atoms with Gasteiger partial charge in [0, 0.05) is 12.1 Å². The Labute approximate surface area is 95.3 Å². The molecule has 0 N–H and O–H groups in total. The van der Waals surface area contributed by atoms with Crippen LogP contribution in [0.5, 0.6) is 0 Å². The van der Waals surface area contributed by atoms with Gasteiger partial charge in [0.1, 0.15) is 5.82 Å². The summed E-state index contributed by atoms with van der Waals surface area (Å²) in [5.41, 5.74) is 1.18. The molecule has 0 aliphatic carbocycles. The van der Waals surface area contributed by atoms with Crippen molar-refractivity contribution in [2.24, 2.45) is 0 Å². The molecule has 0 radical (unpaired) electrons. The molecule has 1 aromatic rings. The molecule has 1 heterocycles. The molecule has 16 heavy (non-hydrogen) atoms. The molecule has 1 aromatic carbocycles. The van der Waals surface area contributed by atoms with Crippen molar-refractivity contribution in [3.8, 4) is 6.07 Å². The molecule has 0 atom stereocenters. The third-order valence-corrected chi connectivity index (χ3v) is 3.02. The highest BCUT2D eigenvalue weighted by Gasteiger charge is 2.12. The van der Waals surface area contributed by atoms with Crippen molar-refractivity contribution >= 4 is 0 Å². The topological polar surface area (TPSA) is 27.0 Å². The zero-order valence-corrected chi connectivity index (χ0v) is 9.25. The van der Waals surface area contributed by atoms with Crippen LogP contribution >= 0.6 is 0 Å². The first-order valence-corrected chi connectivity index (χ1v) is 5.70. The molecule has 0 amide bonds. The van der Waals surface area contributed by atoms with Crippen LogP contribution in [-0.2, 0) is 6.54 Å². The highest BCUT2D eigenvalue weighted by atomic mass is 19.1. The maximum absolute atomic E-state index is 13.5. The van der Waals surface area contributed by atoms with E-state index in [1.54, 1.807) is 6.07 Å². The summed E-state index contributed by atoms with van der Waals surface area (Å²) in [6.07, 6.45) is 3.66. The first-order valence-electron chi connectivity index (χ1n) is 5.70. The van der Waals surface area contributed by atoms with Gasteiger partial charge in [0.15, 0.2) is 0 Å². The normalized spacial score (nSPS) is 17.0. The smallest absolute Gasteiger partial charge is 0.127 e. The number of nitriles is 1. The Bertz CT molecular complexity index is 403. The molecule has 0 aromatic heterocycles. The van der Waals surface area contributed by atoms with Crippen LogP contribution in [0.25, 0.3) is 0 Å². The molecular weight excluding hydrogens is 203 g/mol. The summed E-state index contributed by atoms with van der Waals surface area (Å²) in [5, 5.41) is 8.77. The van der Waals surface area contributed by atoms with Crippen LogP contribution in [0, 0.1) is 17.1 Å². The van der Waals surface area contributed by atoms with Crippen LogP contribution in [0.3, 0.4) is 0 Å². The van der Waals surface area contributed by atoms with Gasteiger partial charge in [-0.1, -0.05) is 6.42 Å². The maximum Gasteiger partial charge on any atom is 0.127 e. The summed E-state index contributed by atoms with van der Waals surface area (Å²) in [6, 6.07) is 6.61. The minimum atomic E-state index is -0.204. The highest BCUT2D eigenvalue weighted by molar-refractivity contribution is 5.33. The number of likely N-dealkylation sites (tertiary alicyclic amines) is 1. The Balaban J connectivity index is 2.10. The number of rotatable bonds is 2. The van der Waals surface area contributed by atoms with E-state index in [1.165, 1.54) is 31.4 Å². The van der Waals surface area contributed by atoms with Gasteiger partial charge < -0.3 is 0 Å². The van der Waals surface area contributed by atoms with Crippen molar-refractivity contribution in [2.45, 2.75) is 25.8 Å². The Morgan fingerprint density at radius 1 is 1.25 bits per heavy atom. The zero-order valence-electron chi connectivity index (χ0n) is 9.25. The number of piperidine rings is 1. The van der Waals surface area contributed by atoms with Crippen LogP contribution < -0.4 is 0 Å². The van der Waals surface area contributed by atoms with Gasteiger partial charge in [-0.2, -0.15) is 5.26 Å². The minimum absolute atomic E-state index is 0.204. The Kier molecular flexibility index (Phi) is 3.53. The fraction of sp³-hybridized carbons (Fsp3) is 0.462. The zero-order chi connectivity index (χ0) is 11.4. The number of hydrogen-bond acceptors (Lipinski definition) is 2. The standard InChI is InChI=1S/C13H15FN2/c14-13-5-4-11(9-15)8-12(13)10-16-6-2-1-3-7-16/h4-5,8H,1-3,6-7,10H2. The second-order valence-electron chi connectivity index (χ2n) is 4.25. The largest absolute Gasteiger partial charge is 0.299 e. The van der Waals surface area contributed by atoms with E-state index in [0.717, 1.165) is 13.1 Å². The van der Waals surface area contributed by atoms with Crippen molar-refractivity contribution in [3.63, 3.8) is 0 Å². The predicted molar refractivity (Wildman–Crippen MR) is 60.2 cm³/mol. The van der Waals surface area contributed by atoms with Gasteiger partial charge in [-0.05, 0) is 44.1 Å². The molecule has 0 bridgehead atoms. The lowest BCUT2D eigenvalue weighted by molar-refractivity contribution is 0.218. The molecule has 1 saturated heterocycles. The van der Waals surface area contributed by atoms with Crippen LogP contribution in [0.1, 0.15) is 30.4 Å². The van der Waals surface area contributed by atoms with Gasteiger partial charge in [-0.3, -0.25) is 4.90 Å². The predicted octanol–water partition coefficient (Wildman–Crippen LogP) is 2.68. The highest BCUT2D eigenvalue weighted by Crippen LogP contribution is 2.16. The van der Waals surface area contributed by atoms with E-state index in [-0.39, 0.29) is 5.82 Å². The summed E-state index contributed by atoms with van der Waals surface area (Å²) in [6.45, 7) is 2.70. The molecule has 0 spiro atoms. The first-order chi connectivity index (χ1) is 7.79. The lowest BCUT2D eigenvalue weighted by Crippen LogP contribution is -2.29. The van der Waals surface area contributed by atoms with Crippen LogP contribution in [0.15, 0.2) is 18.2 Å². The van der Waals surface area contributed by atoms with Gasteiger partial charge in [0.2, 0.25) is 0 Å². The van der Waals surface area contributed by atoms with E-state index < -0.39 is 0 Å². The van der Waals surface area contributed by atoms with Gasteiger partial charge in [0.25, 0.3) is 0 Å². The molecule has 0 unspecified atom stereocenters. The average Bonchev–Trinajstić information content (AvgIpc) is 2.33. The Morgan fingerprint density at radius 2 is 2.00 bits per heavy atom. The maximum atomic E-state index is 13.5. The van der Waals surface area contributed by atoms with Gasteiger partial charge in [-0.15, -0.1) is 0 Å². The van der Waals surface area contributed by atoms with Crippen molar-refractivity contribution < 1.29 is 4.39 Å². The molecular formula is C13H15FN2. The van der Waals surface area contributed by atoms with E-state index in [4.69, 9.17) is 5.26 Å². The van der Waals surface area contributed by atoms with E-state index in [2.05, 4.69) is 4.90 Å². The Hall–Kier alpha value is -1.40. The quantitative estimate of drug-likeness (QED) is 0.763. The molecule has 2 rings (SSSR count). The molecule has 2 nitrogen and oxygen atoms in total. The fourth-order valence-electron chi connectivity index (χ4n) is 2.12. The lowest BCUT2D eigenvalue weighted by atomic mass is 10.1. The van der Waals surface area contributed by atoms with Gasteiger partial charge in [-0.25, -0.2) is 4.39 Å². The summed E-state index contributed by atoms with van der Waals surface area (Å²) >= 11 is 0. The van der Waals surface area contributed by atoms with Gasteiger partial charge in [0.05, 0.1) is 11.6 Å². The van der Waals surface area contributed by atoms with E-state index in [0.29, 0.717) is 17.7 Å². The number of halogens is 1. The second kappa shape index (κ2) is 5.09. The SMILES string of the molecule is N#Cc1ccc(F)c(CN2CCCCC2)c1. The van der Waals surface area contributed by atoms with Crippen molar-refractivity contribution in [1.82, 2.24) is 4.90 Å². The van der Waals surface area contributed by atoms with E-state index in [1.807, 2.05) is 6.07 Å². The fourth-order valence-corrected chi connectivity index (χ4v) is 2.12. The number of nitrogens with zero attached hydrogens (tertiary/aromatic N) is 2. The Morgan fingerprint density at radius 3 is 2.69 bits per heavy atom. The van der Waals surface area contributed by atoms with Crippen molar-refractivity contribution in [2.75, 3.05) is 13.1 Å². The molecule has 0 saturated carbocycles. The van der Waals surface area contributed by atoms with Gasteiger partial charge >= 0.3 is 0 Å². The minimum Gasteiger partial charge on any atom is -0.299 e. The number of benzene rings is 1. The summed E-state index contributed by atoms with van der Waals surface area (Å²) < 4.78 is 13.5. The summed E-state index contributed by atoms with van der Waals surface area (Å²) in [7, 11) is 0. The van der Waals surface area contributed by atoms with E-state index in [9.17, 15) is 4.39 Å². The second-order valence-corrected chi connectivity index (χ2v) is 4.25. The van der Waals surface area contributed by atoms with Crippen molar-refractivity contribution in [1.29, 1.82) is 5.26 Å². The van der Waals surface area contributed by atoms with Crippen molar-refractivity contribution in [3.05, 3.63) is 35.1 Å². The van der Waals surface area contributed by atoms with Crippen LogP contribution in [0.4, 0.5) is 4.39 Å². The monoisotopic (exact) mass is 218 g/mol. The first kappa shape index (κ1) is 11.1. The van der Waals surface area contributed by atoms with Crippen LogP contribution in [0.2, 0.25) is 0 Å². The van der Waals surface area contributed by atoms with Crippen LogP contribution in [-0.4, -0.2) is 18.0 Å². The summed E-state index contributed by atoms with van der Waals surface area (Å²) in [4.78, 5) is 2.25. The third kappa shape index (κ3) is 2.59. The molecule has 1 fully saturated rings. The molecule has 1 aliphatic rings. The number of hydrogen-bond donors (Lipinski definition) is 0.